The number of halogens is 2. The first-order valence-corrected chi connectivity index (χ1v) is 7.17. The summed E-state index contributed by atoms with van der Waals surface area (Å²) in [4.78, 5) is 0. The van der Waals surface area contributed by atoms with Crippen molar-refractivity contribution in [2.45, 2.75) is 25.4 Å². The average Bonchev–Trinajstić information content (AvgIpc) is 2.43. The lowest BCUT2D eigenvalue weighted by Gasteiger charge is -2.29. The van der Waals surface area contributed by atoms with Crippen LogP contribution in [0.15, 0.2) is 48.5 Å². The van der Waals surface area contributed by atoms with E-state index >= 15 is 0 Å². The SMILES string of the molecule is Cc1cc(F)ccc1CC(O)(CCCl)c1ccccc1. The Morgan fingerprint density at radius 3 is 2.45 bits per heavy atom. The molecule has 0 bridgehead atoms. The smallest absolute Gasteiger partial charge is 0.123 e. The van der Waals surface area contributed by atoms with E-state index in [0.29, 0.717) is 18.7 Å². The highest BCUT2D eigenvalue weighted by atomic mass is 35.5. The molecule has 0 aliphatic heterocycles. The Kier molecular flexibility index (Phi) is 4.79. The second-order valence-electron chi connectivity index (χ2n) is 5.08. The summed E-state index contributed by atoms with van der Waals surface area (Å²) >= 11 is 5.85. The van der Waals surface area contributed by atoms with Gasteiger partial charge in [-0.3, -0.25) is 0 Å². The summed E-state index contributed by atoms with van der Waals surface area (Å²) in [5.74, 6) is 0.109. The molecular formula is C17H18ClFO. The Morgan fingerprint density at radius 2 is 1.85 bits per heavy atom. The molecule has 0 aliphatic rings. The van der Waals surface area contributed by atoms with E-state index in [1.165, 1.54) is 12.1 Å². The van der Waals surface area contributed by atoms with Gasteiger partial charge >= 0.3 is 0 Å². The van der Waals surface area contributed by atoms with Crippen LogP contribution < -0.4 is 0 Å². The van der Waals surface area contributed by atoms with Crippen LogP contribution in [0.4, 0.5) is 4.39 Å². The summed E-state index contributed by atoms with van der Waals surface area (Å²) in [6.07, 6.45) is 0.880. The fraction of sp³-hybridized carbons (Fsp3) is 0.294. The molecule has 1 N–H and O–H groups in total. The molecule has 1 atom stereocenters. The third-order valence-electron chi connectivity index (χ3n) is 3.61. The summed E-state index contributed by atoms with van der Waals surface area (Å²) in [5, 5.41) is 11.0. The Morgan fingerprint density at radius 1 is 1.15 bits per heavy atom. The van der Waals surface area contributed by atoms with E-state index in [9.17, 15) is 9.50 Å². The van der Waals surface area contributed by atoms with Crippen LogP contribution in [0.3, 0.4) is 0 Å². The van der Waals surface area contributed by atoms with Crippen molar-refractivity contribution in [1.82, 2.24) is 0 Å². The monoisotopic (exact) mass is 292 g/mol. The van der Waals surface area contributed by atoms with Gasteiger partial charge in [0.05, 0.1) is 5.60 Å². The van der Waals surface area contributed by atoms with Gasteiger partial charge in [0.2, 0.25) is 0 Å². The van der Waals surface area contributed by atoms with Gasteiger partial charge in [-0.15, -0.1) is 11.6 Å². The van der Waals surface area contributed by atoms with Crippen LogP contribution in [0.2, 0.25) is 0 Å². The molecular weight excluding hydrogens is 275 g/mol. The minimum Gasteiger partial charge on any atom is -0.385 e. The summed E-state index contributed by atoms with van der Waals surface area (Å²) < 4.78 is 13.2. The molecule has 0 amide bonds. The Hall–Kier alpha value is -1.38. The predicted octanol–water partition coefficient (Wildman–Crippen LogP) is 4.19. The van der Waals surface area contributed by atoms with Gasteiger partial charge in [0.25, 0.3) is 0 Å². The molecule has 106 valence electrons. The van der Waals surface area contributed by atoms with Gasteiger partial charge in [-0.05, 0) is 42.2 Å². The largest absolute Gasteiger partial charge is 0.385 e. The number of aliphatic hydroxyl groups is 1. The van der Waals surface area contributed by atoms with E-state index in [4.69, 9.17) is 11.6 Å². The predicted molar refractivity (Wildman–Crippen MR) is 80.5 cm³/mol. The molecule has 0 aliphatic carbocycles. The third kappa shape index (κ3) is 3.38. The van der Waals surface area contributed by atoms with Crippen molar-refractivity contribution in [2.24, 2.45) is 0 Å². The third-order valence-corrected chi connectivity index (χ3v) is 3.80. The molecule has 0 radical (unpaired) electrons. The van der Waals surface area contributed by atoms with Crippen LogP contribution in [0.5, 0.6) is 0 Å². The van der Waals surface area contributed by atoms with E-state index < -0.39 is 5.60 Å². The standard InChI is InChI=1S/C17H18ClFO/c1-13-11-16(19)8-7-14(13)12-17(20,9-10-18)15-5-3-2-4-6-15/h2-8,11,20H,9-10,12H2,1H3. The van der Waals surface area contributed by atoms with Crippen molar-refractivity contribution in [3.05, 3.63) is 71.0 Å². The molecule has 0 spiro atoms. The second-order valence-corrected chi connectivity index (χ2v) is 5.46. The highest BCUT2D eigenvalue weighted by Gasteiger charge is 2.29. The van der Waals surface area contributed by atoms with Crippen LogP contribution in [0.1, 0.15) is 23.1 Å². The number of alkyl halides is 1. The van der Waals surface area contributed by atoms with E-state index in [-0.39, 0.29) is 5.82 Å². The molecule has 3 heteroatoms. The maximum Gasteiger partial charge on any atom is 0.123 e. The van der Waals surface area contributed by atoms with Gasteiger partial charge < -0.3 is 5.11 Å². The van der Waals surface area contributed by atoms with Crippen LogP contribution >= 0.6 is 11.6 Å². The van der Waals surface area contributed by atoms with Gasteiger partial charge in [0, 0.05) is 12.3 Å². The molecule has 0 saturated carbocycles. The molecule has 1 nitrogen and oxygen atoms in total. The Balaban J connectivity index is 2.34. The van der Waals surface area contributed by atoms with Gasteiger partial charge in [-0.25, -0.2) is 4.39 Å². The minimum atomic E-state index is -1.02. The summed E-state index contributed by atoms with van der Waals surface area (Å²) in [5.41, 5.74) is 1.59. The number of hydrogen-bond acceptors (Lipinski definition) is 1. The maximum absolute atomic E-state index is 13.2. The van der Waals surface area contributed by atoms with Crippen molar-refractivity contribution in [1.29, 1.82) is 0 Å². The highest BCUT2D eigenvalue weighted by molar-refractivity contribution is 6.17. The molecule has 0 heterocycles. The van der Waals surface area contributed by atoms with Crippen LogP contribution in [0, 0.1) is 12.7 Å². The lowest BCUT2D eigenvalue weighted by atomic mass is 9.84. The molecule has 0 aromatic heterocycles. The quantitative estimate of drug-likeness (QED) is 0.819. The molecule has 2 aromatic carbocycles. The first-order valence-electron chi connectivity index (χ1n) is 6.64. The van der Waals surface area contributed by atoms with Crippen LogP contribution in [0.25, 0.3) is 0 Å². The fourth-order valence-electron chi connectivity index (χ4n) is 2.41. The maximum atomic E-state index is 13.2. The van der Waals surface area contributed by atoms with Gasteiger partial charge in [0.1, 0.15) is 5.82 Å². The number of aryl methyl sites for hydroxylation is 1. The molecule has 0 saturated heterocycles. The van der Waals surface area contributed by atoms with Crippen molar-refractivity contribution >= 4 is 11.6 Å². The minimum absolute atomic E-state index is 0.258. The fourth-order valence-corrected chi connectivity index (χ4v) is 2.72. The first kappa shape index (κ1) is 15.0. The molecule has 20 heavy (non-hydrogen) atoms. The molecule has 2 rings (SSSR count). The lowest BCUT2D eigenvalue weighted by Crippen LogP contribution is -2.29. The van der Waals surface area contributed by atoms with E-state index in [0.717, 1.165) is 16.7 Å². The van der Waals surface area contributed by atoms with Crippen molar-refractivity contribution in [2.75, 3.05) is 5.88 Å². The first-order chi connectivity index (χ1) is 9.55. The highest BCUT2D eigenvalue weighted by Crippen LogP contribution is 2.31. The topological polar surface area (TPSA) is 20.2 Å². The summed E-state index contributed by atoms with van der Waals surface area (Å²) in [7, 11) is 0. The van der Waals surface area contributed by atoms with Gasteiger partial charge in [-0.1, -0.05) is 36.4 Å². The number of benzene rings is 2. The number of hydrogen-bond donors (Lipinski definition) is 1. The lowest BCUT2D eigenvalue weighted by molar-refractivity contribution is 0.0335. The van der Waals surface area contributed by atoms with Crippen molar-refractivity contribution < 1.29 is 9.50 Å². The van der Waals surface area contributed by atoms with Gasteiger partial charge in [0.15, 0.2) is 0 Å². The zero-order chi connectivity index (χ0) is 14.6. The average molecular weight is 293 g/mol. The van der Waals surface area contributed by atoms with Crippen LogP contribution in [-0.4, -0.2) is 11.0 Å². The Bertz CT molecular complexity index is 570. The van der Waals surface area contributed by atoms with Crippen LogP contribution in [-0.2, 0) is 12.0 Å². The van der Waals surface area contributed by atoms with E-state index in [1.54, 1.807) is 6.07 Å². The van der Waals surface area contributed by atoms with Crippen molar-refractivity contribution in [3.63, 3.8) is 0 Å². The number of rotatable bonds is 5. The normalized spacial score (nSPS) is 14.0. The van der Waals surface area contributed by atoms with E-state index in [2.05, 4.69) is 0 Å². The Labute approximate surface area is 124 Å². The van der Waals surface area contributed by atoms with Crippen molar-refractivity contribution in [3.8, 4) is 0 Å². The summed E-state index contributed by atoms with van der Waals surface area (Å²) in [6, 6.07) is 14.1. The van der Waals surface area contributed by atoms with E-state index in [1.807, 2.05) is 37.3 Å². The zero-order valence-electron chi connectivity index (χ0n) is 11.4. The molecule has 1 unspecified atom stereocenters. The van der Waals surface area contributed by atoms with Gasteiger partial charge in [-0.2, -0.15) is 0 Å². The second kappa shape index (κ2) is 6.38. The summed E-state index contributed by atoms with van der Waals surface area (Å²) in [6.45, 7) is 1.85. The zero-order valence-corrected chi connectivity index (χ0v) is 12.2. The molecule has 2 aromatic rings. The molecule has 0 fully saturated rings.